The van der Waals surface area contributed by atoms with Crippen LogP contribution in [0.25, 0.3) is 10.9 Å². The lowest BCUT2D eigenvalue weighted by Crippen LogP contribution is -2.25. The fourth-order valence-corrected chi connectivity index (χ4v) is 3.63. The van der Waals surface area contributed by atoms with Gasteiger partial charge in [-0.1, -0.05) is 60.2 Å². The molecule has 4 aromatic rings. The average Bonchev–Trinajstić information content (AvgIpc) is 2.78. The first-order valence-electron chi connectivity index (χ1n) is 10.1. The summed E-state index contributed by atoms with van der Waals surface area (Å²) in [6.45, 7) is 3.94. The second kappa shape index (κ2) is 8.85. The molecule has 0 amide bonds. The number of guanidine groups is 1. The van der Waals surface area contributed by atoms with Gasteiger partial charge in [-0.2, -0.15) is 0 Å². The molecule has 0 radical (unpaired) electrons. The van der Waals surface area contributed by atoms with Crippen molar-refractivity contribution in [1.82, 2.24) is 9.97 Å². The van der Waals surface area contributed by atoms with Gasteiger partial charge in [-0.15, -0.1) is 0 Å². The molecule has 4 rings (SSSR count). The molecule has 1 aromatic heterocycles. The molecule has 7 nitrogen and oxygen atoms in total. The van der Waals surface area contributed by atoms with Crippen LogP contribution in [-0.2, 0) is 0 Å². The van der Waals surface area contributed by atoms with Gasteiger partial charge in [0.1, 0.15) is 6.04 Å². The Kier molecular flexibility index (Phi) is 5.81. The maximum atomic E-state index is 11.8. The largest absolute Gasteiger partial charge is 0.478 e. The molecule has 0 bridgehead atoms. The Balaban J connectivity index is 1.74. The third-order valence-corrected chi connectivity index (χ3v) is 5.15. The number of rotatable bonds is 5. The number of hydrogen-bond acceptors (Lipinski definition) is 4. The van der Waals surface area contributed by atoms with Gasteiger partial charge in [0.05, 0.1) is 16.8 Å². The van der Waals surface area contributed by atoms with Gasteiger partial charge < -0.3 is 10.8 Å². The Labute approximate surface area is 185 Å². The highest BCUT2D eigenvalue weighted by Crippen LogP contribution is 2.29. The second-order valence-electron chi connectivity index (χ2n) is 7.50. The van der Waals surface area contributed by atoms with Gasteiger partial charge in [0, 0.05) is 5.39 Å². The zero-order valence-electron chi connectivity index (χ0n) is 17.8. The quantitative estimate of drug-likeness (QED) is 0.321. The maximum absolute atomic E-state index is 11.8. The minimum Gasteiger partial charge on any atom is -0.478 e. The summed E-state index contributed by atoms with van der Waals surface area (Å²) in [7, 11) is 0. The van der Waals surface area contributed by atoms with Crippen LogP contribution in [0.2, 0.25) is 0 Å². The number of aromatic carboxylic acids is 1. The molecule has 0 saturated carbocycles. The molecule has 7 heteroatoms. The van der Waals surface area contributed by atoms with Crippen LogP contribution in [0, 0.1) is 13.8 Å². The number of hydrogen-bond donors (Lipinski definition) is 3. The molecule has 0 aliphatic rings. The zero-order chi connectivity index (χ0) is 22.7. The summed E-state index contributed by atoms with van der Waals surface area (Å²) in [5.74, 6) is -0.601. The summed E-state index contributed by atoms with van der Waals surface area (Å²) in [5.41, 5.74) is 10.5. The summed E-state index contributed by atoms with van der Waals surface area (Å²) in [4.78, 5) is 25.5. The Morgan fingerprint density at radius 3 is 2.47 bits per heavy atom. The number of nitrogens with zero attached hydrogens (tertiary/aromatic N) is 3. The highest BCUT2D eigenvalue weighted by atomic mass is 16.4. The number of nitrogens with one attached hydrogen (secondary N) is 1. The van der Waals surface area contributed by atoms with E-state index in [2.05, 4.69) is 20.3 Å². The van der Waals surface area contributed by atoms with Crippen molar-refractivity contribution in [3.63, 3.8) is 0 Å². The van der Waals surface area contributed by atoms with Gasteiger partial charge in [0.15, 0.2) is 5.96 Å². The molecule has 0 fully saturated rings. The number of fused-ring (bicyclic) bond motifs is 1. The lowest BCUT2D eigenvalue weighted by Gasteiger charge is -2.17. The van der Waals surface area contributed by atoms with Crippen molar-refractivity contribution in [2.45, 2.75) is 19.9 Å². The topological polar surface area (TPSA) is 113 Å². The van der Waals surface area contributed by atoms with Crippen LogP contribution in [0.1, 0.15) is 38.8 Å². The van der Waals surface area contributed by atoms with Crippen LogP contribution in [0.5, 0.6) is 0 Å². The van der Waals surface area contributed by atoms with Gasteiger partial charge in [0.25, 0.3) is 0 Å². The molecule has 1 atom stereocenters. The first-order chi connectivity index (χ1) is 15.4. The molecule has 0 spiro atoms. The van der Waals surface area contributed by atoms with E-state index < -0.39 is 12.0 Å². The Morgan fingerprint density at radius 1 is 1.00 bits per heavy atom. The predicted octanol–water partition coefficient (Wildman–Crippen LogP) is 4.46. The number of carboxylic acid groups (broad SMARTS) is 1. The minimum absolute atomic E-state index is 0.0879. The number of nitrogens with two attached hydrogens (primary N) is 1. The summed E-state index contributed by atoms with van der Waals surface area (Å²) >= 11 is 0. The number of aromatic nitrogens is 2. The monoisotopic (exact) mass is 425 g/mol. The molecule has 3 aromatic carbocycles. The molecule has 32 heavy (non-hydrogen) atoms. The highest BCUT2D eigenvalue weighted by Gasteiger charge is 2.20. The molecular formula is C25H23N5O2. The van der Waals surface area contributed by atoms with Crippen molar-refractivity contribution in [2.24, 2.45) is 10.7 Å². The number of aryl methyl sites for hydroxylation is 2. The van der Waals surface area contributed by atoms with Crippen molar-refractivity contribution in [2.75, 3.05) is 5.32 Å². The van der Waals surface area contributed by atoms with E-state index in [9.17, 15) is 9.90 Å². The van der Waals surface area contributed by atoms with Crippen LogP contribution in [0.15, 0.2) is 77.8 Å². The summed E-state index contributed by atoms with van der Waals surface area (Å²) in [5, 5.41) is 13.6. The molecular weight excluding hydrogens is 402 g/mol. The average molecular weight is 425 g/mol. The van der Waals surface area contributed by atoms with Crippen molar-refractivity contribution in [3.05, 3.63) is 101 Å². The summed E-state index contributed by atoms with van der Waals surface area (Å²) in [6.07, 6.45) is 0. The van der Waals surface area contributed by atoms with Crippen molar-refractivity contribution >= 4 is 28.8 Å². The minimum atomic E-state index is -1.02. The Bertz CT molecular complexity index is 1320. The van der Waals surface area contributed by atoms with Crippen LogP contribution in [0.3, 0.4) is 0 Å². The van der Waals surface area contributed by atoms with Crippen molar-refractivity contribution in [1.29, 1.82) is 0 Å². The number of benzene rings is 3. The van der Waals surface area contributed by atoms with Crippen molar-refractivity contribution in [3.8, 4) is 0 Å². The lowest BCUT2D eigenvalue weighted by atomic mass is 9.95. The predicted molar refractivity (Wildman–Crippen MR) is 126 cm³/mol. The fourth-order valence-electron chi connectivity index (χ4n) is 3.63. The smallest absolute Gasteiger partial charge is 0.336 e. The van der Waals surface area contributed by atoms with Crippen LogP contribution in [0.4, 0.5) is 5.95 Å². The second-order valence-corrected chi connectivity index (χ2v) is 7.50. The molecule has 4 N–H and O–H groups in total. The standard InChI is InChI=1S/C25H23N5O2/c1-15-12-13-21-20(14-15)16(2)27-25(28-21)30-24(26)29-22(17-8-4-3-5-9-17)18-10-6-7-11-19(18)23(31)32/h3-14,22H,1-2H3,(H,31,32)(H3,26,27,28,29,30). The van der Waals surface area contributed by atoms with E-state index in [4.69, 9.17) is 5.73 Å². The Morgan fingerprint density at radius 2 is 1.72 bits per heavy atom. The molecule has 0 aliphatic heterocycles. The molecule has 0 aliphatic carbocycles. The molecule has 160 valence electrons. The van der Waals surface area contributed by atoms with E-state index in [1.807, 2.05) is 62.4 Å². The fraction of sp³-hybridized carbons (Fsp3) is 0.120. The van der Waals surface area contributed by atoms with Crippen molar-refractivity contribution < 1.29 is 9.90 Å². The molecule has 0 saturated heterocycles. The van der Waals surface area contributed by atoms with Crippen LogP contribution < -0.4 is 11.1 Å². The zero-order valence-corrected chi connectivity index (χ0v) is 17.8. The van der Waals surface area contributed by atoms with E-state index >= 15 is 0 Å². The third kappa shape index (κ3) is 4.41. The number of carboxylic acids is 1. The van der Waals surface area contributed by atoms with Crippen LogP contribution >= 0.6 is 0 Å². The van der Waals surface area contributed by atoms with Gasteiger partial charge in [-0.3, -0.25) is 5.32 Å². The maximum Gasteiger partial charge on any atom is 0.336 e. The van der Waals surface area contributed by atoms with Gasteiger partial charge in [-0.25, -0.2) is 19.8 Å². The third-order valence-electron chi connectivity index (χ3n) is 5.15. The van der Waals surface area contributed by atoms with Gasteiger partial charge in [0.2, 0.25) is 5.95 Å². The number of anilines is 1. The highest BCUT2D eigenvalue weighted by molar-refractivity contribution is 5.93. The van der Waals surface area contributed by atoms with E-state index in [0.29, 0.717) is 11.5 Å². The first kappa shape index (κ1) is 21.0. The molecule has 1 unspecified atom stereocenters. The summed E-state index contributed by atoms with van der Waals surface area (Å²) < 4.78 is 0. The van der Waals surface area contributed by atoms with E-state index in [1.165, 1.54) is 0 Å². The Hall–Kier alpha value is -4.26. The normalized spacial score (nSPS) is 12.5. The number of aliphatic imine (C=N–C) groups is 1. The first-order valence-corrected chi connectivity index (χ1v) is 10.1. The van der Waals surface area contributed by atoms with Gasteiger partial charge in [-0.05, 0) is 43.2 Å². The van der Waals surface area contributed by atoms with E-state index in [0.717, 1.165) is 27.7 Å². The van der Waals surface area contributed by atoms with E-state index in [1.54, 1.807) is 24.3 Å². The van der Waals surface area contributed by atoms with Gasteiger partial charge >= 0.3 is 5.97 Å². The van der Waals surface area contributed by atoms with Crippen LogP contribution in [-0.4, -0.2) is 27.0 Å². The van der Waals surface area contributed by atoms with E-state index in [-0.39, 0.29) is 11.5 Å². The molecule has 1 heterocycles. The lowest BCUT2D eigenvalue weighted by molar-refractivity contribution is 0.0695. The SMILES string of the molecule is Cc1ccc2nc(NC(N)=NC(c3ccccc3)c3ccccc3C(=O)O)nc(C)c2c1. The summed E-state index contributed by atoms with van der Waals surface area (Å²) in [6, 6.07) is 21.6. The number of carbonyl (C=O) groups is 1.